The monoisotopic (exact) mass is 327 g/mol. The topological polar surface area (TPSA) is 75.6 Å². The molecule has 112 valence electrons. The summed E-state index contributed by atoms with van der Waals surface area (Å²) in [7, 11) is -3.84. The van der Waals surface area contributed by atoms with E-state index in [1.807, 2.05) is 0 Å². The first-order valence-electron chi connectivity index (χ1n) is 6.16. The zero-order valence-corrected chi connectivity index (χ0v) is 12.8. The highest BCUT2D eigenvalue weighted by atomic mass is 35.5. The van der Waals surface area contributed by atoms with E-state index in [1.165, 1.54) is 36.4 Å². The van der Waals surface area contributed by atoms with Crippen LogP contribution in [0.25, 0.3) is 0 Å². The van der Waals surface area contributed by atoms with Crippen LogP contribution in [0.3, 0.4) is 0 Å². The third-order valence-corrected chi connectivity index (χ3v) is 4.25. The molecule has 0 saturated heterocycles. The minimum Gasteiger partial charge on any atom is -0.508 e. The van der Waals surface area contributed by atoms with Gasteiger partial charge in [-0.05, 0) is 31.2 Å². The van der Waals surface area contributed by atoms with Gasteiger partial charge in [-0.3, -0.25) is 4.72 Å². The maximum absolute atomic E-state index is 12.4. The number of hydrogen-bond acceptors (Lipinski definition) is 4. The molecular formula is C14H14ClNO4S. The van der Waals surface area contributed by atoms with E-state index in [9.17, 15) is 13.5 Å². The summed E-state index contributed by atoms with van der Waals surface area (Å²) in [5.41, 5.74) is 0.257. The standard InChI is InChI=1S/C14H14ClNO4S/c1-2-20-13-8-10(15)6-7-14(13)21(18,19)16-11-4-3-5-12(17)9-11/h3-9,16-17H,2H2,1H3. The Morgan fingerprint density at radius 3 is 2.67 bits per heavy atom. The Hall–Kier alpha value is -1.92. The average molecular weight is 328 g/mol. The average Bonchev–Trinajstić information content (AvgIpc) is 2.38. The van der Waals surface area contributed by atoms with E-state index in [1.54, 1.807) is 13.0 Å². The number of benzene rings is 2. The molecule has 5 nitrogen and oxygen atoms in total. The van der Waals surface area contributed by atoms with Crippen molar-refractivity contribution in [3.05, 3.63) is 47.5 Å². The van der Waals surface area contributed by atoms with E-state index in [0.717, 1.165) is 0 Å². The molecule has 0 aliphatic carbocycles. The summed E-state index contributed by atoms with van der Waals surface area (Å²) < 4.78 is 32.5. The number of phenolic OH excluding ortho intramolecular Hbond substituents is 1. The highest BCUT2D eigenvalue weighted by Gasteiger charge is 2.20. The number of ether oxygens (including phenoxy) is 1. The first-order chi connectivity index (χ1) is 9.92. The minimum atomic E-state index is -3.84. The van der Waals surface area contributed by atoms with E-state index < -0.39 is 10.0 Å². The Morgan fingerprint density at radius 1 is 1.24 bits per heavy atom. The molecule has 0 aliphatic heterocycles. The Kier molecular flexibility index (Phi) is 4.59. The van der Waals surface area contributed by atoms with Crippen LogP contribution in [0.5, 0.6) is 11.5 Å². The maximum Gasteiger partial charge on any atom is 0.265 e. The van der Waals surface area contributed by atoms with Gasteiger partial charge in [0.2, 0.25) is 0 Å². The van der Waals surface area contributed by atoms with Gasteiger partial charge in [-0.25, -0.2) is 8.42 Å². The highest BCUT2D eigenvalue weighted by molar-refractivity contribution is 7.92. The van der Waals surface area contributed by atoms with Crippen molar-refractivity contribution in [2.45, 2.75) is 11.8 Å². The third kappa shape index (κ3) is 3.80. The largest absolute Gasteiger partial charge is 0.508 e. The first kappa shape index (κ1) is 15.5. The van der Waals surface area contributed by atoms with Crippen molar-refractivity contribution in [1.29, 1.82) is 0 Å². The van der Waals surface area contributed by atoms with Gasteiger partial charge in [-0.1, -0.05) is 17.7 Å². The Morgan fingerprint density at radius 2 is 2.00 bits per heavy atom. The van der Waals surface area contributed by atoms with Gasteiger partial charge in [0.25, 0.3) is 10.0 Å². The Balaban J connectivity index is 2.39. The lowest BCUT2D eigenvalue weighted by Crippen LogP contribution is -2.14. The molecule has 0 aromatic heterocycles. The molecule has 2 N–H and O–H groups in total. The predicted molar refractivity (Wildman–Crippen MR) is 81.5 cm³/mol. The SMILES string of the molecule is CCOc1cc(Cl)ccc1S(=O)(=O)Nc1cccc(O)c1. The molecule has 0 saturated carbocycles. The number of phenols is 1. The molecule has 0 unspecified atom stereocenters. The lowest BCUT2D eigenvalue weighted by molar-refractivity contribution is 0.331. The molecule has 0 fully saturated rings. The zero-order chi connectivity index (χ0) is 15.5. The molecule has 0 bridgehead atoms. The van der Waals surface area contributed by atoms with Crippen molar-refractivity contribution in [3.63, 3.8) is 0 Å². The molecule has 2 aromatic carbocycles. The molecule has 21 heavy (non-hydrogen) atoms. The fourth-order valence-electron chi connectivity index (χ4n) is 1.75. The van der Waals surface area contributed by atoms with E-state index >= 15 is 0 Å². The number of nitrogens with one attached hydrogen (secondary N) is 1. The van der Waals surface area contributed by atoms with Gasteiger partial charge in [0, 0.05) is 17.2 Å². The number of anilines is 1. The van der Waals surface area contributed by atoms with E-state index in [4.69, 9.17) is 16.3 Å². The van der Waals surface area contributed by atoms with Crippen molar-refractivity contribution < 1.29 is 18.3 Å². The van der Waals surface area contributed by atoms with Crippen molar-refractivity contribution in [3.8, 4) is 11.5 Å². The van der Waals surface area contributed by atoms with Gasteiger partial charge < -0.3 is 9.84 Å². The molecule has 2 rings (SSSR count). The summed E-state index contributed by atoms with van der Waals surface area (Å²) in [4.78, 5) is -0.0166. The number of halogens is 1. The van der Waals surface area contributed by atoms with Crippen LogP contribution in [0.2, 0.25) is 5.02 Å². The normalized spacial score (nSPS) is 11.1. The summed E-state index contributed by atoms with van der Waals surface area (Å²) in [6.07, 6.45) is 0. The molecular weight excluding hydrogens is 314 g/mol. The van der Waals surface area contributed by atoms with Gasteiger partial charge in [-0.15, -0.1) is 0 Å². The minimum absolute atomic E-state index is 0.0166. The maximum atomic E-state index is 12.4. The number of rotatable bonds is 5. The second-order valence-electron chi connectivity index (χ2n) is 4.18. The van der Waals surface area contributed by atoms with Crippen molar-refractivity contribution in [2.75, 3.05) is 11.3 Å². The molecule has 0 heterocycles. The summed E-state index contributed by atoms with van der Waals surface area (Å²) in [5, 5.41) is 9.76. The smallest absolute Gasteiger partial charge is 0.265 e. The summed E-state index contributed by atoms with van der Waals surface area (Å²) in [5.74, 6) is 0.147. The number of aromatic hydroxyl groups is 1. The van der Waals surface area contributed by atoms with Crippen LogP contribution in [-0.2, 0) is 10.0 Å². The quantitative estimate of drug-likeness (QED) is 0.884. The lowest BCUT2D eigenvalue weighted by atomic mass is 10.3. The van der Waals surface area contributed by atoms with Crippen LogP contribution in [0.4, 0.5) is 5.69 Å². The Labute approximate surface area is 128 Å². The highest BCUT2D eigenvalue weighted by Crippen LogP contribution is 2.29. The van der Waals surface area contributed by atoms with Crippen LogP contribution in [0.1, 0.15) is 6.92 Å². The van der Waals surface area contributed by atoms with Crippen molar-refractivity contribution >= 4 is 27.3 Å². The second-order valence-corrected chi connectivity index (χ2v) is 6.27. The van der Waals surface area contributed by atoms with Crippen LogP contribution >= 0.6 is 11.6 Å². The van der Waals surface area contributed by atoms with Gasteiger partial charge >= 0.3 is 0 Å². The summed E-state index contributed by atoms with van der Waals surface area (Å²) in [6, 6.07) is 10.1. The van der Waals surface area contributed by atoms with E-state index in [-0.39, 0.29) is 22.1 Å². The molecule has 0 amide bonds. The molecule has 7 heteroatoms. The molecule has 0 atom stereocenters. The van der Waals surface area contributed by atoms with Gasteiger partial charge in [0.05, 0.1) is 12.3 Å². The van der Waals surface area contributed by atoms with Crippen molar-refractivity contribution in [1.82, 2.24) is 0 Å². The first-order valence-corrected chi connectivity index (χ1v) is 8.02. The van der Waals surface area contributed by atoms with E-state index in [2.05, 4.69) is 4.72 Å². The second kappa shape index (κ2) is 6.24. The fraction of sp³-hybridized carbons (Fsp3) is 0.143. The lowest BCUT2D eigenvalue weighted by Gasteiger charge is -2.13. The molecule has 2 aromatic rings. The molecule has 0 radical (unpaired) electrons. The van der Waals surface area contributed by atoms with Crippen LogP contribution in [0.15, 0.2) is 47.4 Å². The van der Waals surface area contributed by atoms with Gasteiger partial charge in [-0.2, -0.15) is 0 Å². The number of sulfonamides is 1. The predicted octanol–water partition coefficient (Wildman–Crippen LogP) is 3.25. The Bertz CT molecular complexity index is 746. The van der Waals surface area contributed by atoms with Crippen molar-refractivity contribution in [2.24, 2.45) is 0 Å². The van der Waals surface area contributed by atoms with Crippen LogP contribution in [0, 0.1) is 0 Å². The third-order valence-electron chi connectivity index (χ3n) is 2.59. The van der Waals surface area contributed by atoms with Gasteiger partial charge in [0.1, 0.15) is 16.4 Å². The van der Waals surface area contributed by atoms with Crippen LogP contribution in [-0.4, -0.2) is 20.1 Å². The van der Waals surface area contributed by atoms with Crippen LogP contribution < -0.4 is 9.46 Å². The fourth-order valence-corrected chi connectivity index (χ4v) is 3.09. The molecule has 0 spiro atoms. The summed E-state index contributed by atoms with van der Waals surface area (Å²) >= 11 is 5.86. The zero-order valence-electron chi connectivity index (χ0n) is 11.2. The summed E-state index contributed by atoms with van der Waals surface area (Å²) in [6.45, 7) is 2.06. The van der Waals surface area contributed by atoms with E-state index in [0.29, 0.717) is 11.6 Å². The number of hydrogen-bond donors (Lipinski definition) is 2. The molecule has 0 aliphatic rings. The van der Waals surface area contributed by atoms with Gasteiger partial charge in [0.15, 0.2) is 0 Å².